The summed E-state index contributed by atoms with van der Waals surface area (Å²) in [6.07, 6.45) is 3.53. The van der Waals surface area contributed by atoms with E-state index in [4.69, 9.17) is 0 Å². The predicted molar refractivity (Wildman–Crippen MR) is 120 cm³/mol. The third kappa shape index (κ3) is 5.08. The van der Waals surface area contributed by atoms with Gasteiger partial charge in [-0.25, -0.2) is 17.8 Å². The summed E-state index contributed by atoms with van der Waals surface area (Å²) >= 11 is 1.48. The molecule has 0 saturated carbocycles. The second-order valence-corrected chi connectivity index (χ2v) is 9.49. The molecule has 0 unspecified atom stereocenters. The van der Waals surface area contributed by atoms with Crippen LogP contribution in [0, 0.1) is 0 Å². The van der Waals surface area contributed by atoms with Gasteiger partial charge in [0.1, 0.15) is 0 Å². The van der Waals surface area contributed by atoms with Gasteiger partial charge in [0.15, 0.2) is 0 Å². The highest BCUT2D eigenvalue weighted by molar-refractivity contribution is 7.89. The number of para-hydroxylation sites is 1. The third-order valence-corrected chi connectivity index (χ3v) is 6.92. The summed E-state index contributed by atoms with van der Waals surface area (Å²) < 4.78 is 29.2. The average Bonchev–Trinajstić information content (AvgIpc) is 3.51. The molecule has 1 amide bonds. The number of amides is 1. The first-order valence-electron chi connectivity index (χ1n) is 9.51. The van der Waals surface area contributed by atoms with Gasteiger partial charge in [-0.15, -0.1) is 11.3 Å². The van der Waals surface area contributed by atoms with E-state index in [1.807, 2.05) is 54.0 Å². The molecular formula is C22H20N4O3S2. The van der Waals surface area contributed by atoms with Gasteiger partial charge < -0.3 is 5.32 Å². The van der Waals surface area contributed by atoms with Crippen molar-refractivity contribution >= 4 is 27.3 Å². The van der Waals surface area contributed by atoms with E-state index in [0.717, 1.165) is 16.1 Å². The number of rotatable bonds is 8. The predicted octanol–water partition coefficient (Wildman–Crippen LogP) is 3.34. The second-order valence-electron chi connectivity index (χ2n) is 6.69. The summed E-state index contributed by atoms with van der Waals surface area (Å²) in [6, 6.07) is 19.1. The van der Waals surface area contributed by atoms with E-state index in [-0.39, 0.29) is 17.3 Å². The van der Waals surface area contributed by atoms with E-state index in [0.29, 0.717) is 12.1 Å². The first-order valence-corrected chi connectivity index (χ1v) is 11.9. The molecule has 158 valence electrons. The summed E-state index contributed by atoms with van der Waals surface area (Å²) in [5.41, 5.74) is 2.18. The zero-order chi connectivity index (χ0) is 21.7. The maximum absolute atomic E-state index is 12.6. The minimum absolute atomic E-state index is 0.115. The molecule has 4 rings (SSSR count). The Bertz CT molecular complexity index is 1250. The number of carbonyl (C=O) groups excluding carboxylic acids is 1. The normalized spacial score (nSPS) is 11.4. The summed E-state index contributed by atoms with van der Waals surface area (Å²) in [6.45, 7) is 0.551. The van der Waals surface area contributed by atoms with Crippen LogP contribution in [0.4, 0.5) is 0 Å². The Kier molecular flexibility index (Phi) is 6.26. The lowest BCUT2D eigenvalue weighted by atomic mass is 10.1. The van der Waals surface area contributed by atoms with Crippen LogP contribution in [-0.4, -0.2) is 24.1 Å². The third-order valence-electron chi connectivity index (χ3n) is 4.63. The zero-order valence-corrected chi connectivity index (χ0v) is 18.1. The molecule has 0 saturated heterocycles. The van der Waals surface area contributed by atoms with E-state index in [9.17, 15) is 13.2 Å². The molecule has 7 nitrogen and oxygen atoms in total. The number of thiophene rings is 1. The van der Waals surface area contributed by atoms with Gasteiger partial charge >= 0.3 is 0 Å². The van der Waals surface area contributed by atoms with Gasteiger partial charge in [-0.3, -0.25) is 4.79 Å². The molecule has 0 radical (unpaired) electrons. The number of hydrogen-bond donors (Lipinski definition) is 2. The minimum Gasteiger partial charge on any atom is -0.348 e. The molecule has 0 fully saturated rings. The topological polar surface area (TPSA) is 93.1 Å². The van der Waals surface area contributed by atoms with Crippen LogP contribution in [0.3, 0.4) is 0 Å². The van der Waals surface area contributed by atoms with E-state index in [1.54, 1.807) is 10.9 Å². The van der Waals surface area contributed by atoms with Crippen molar-refractivity contribution in [3.8, 4) is 5.69 Å². The Labute approximate surface area is 184 Å². The van der Waals surface area contributed by atoms with Gasteiger partial charge in [0.25, 0.3) is 5.91 Å². The molecule has 4 aromatic rings. The Balaban J connectivity index is 1.40. The fourth-order valence-electron chi connectivity index (χ4n) is 3.02. The second kappa shape index (κ2) is 9.25. The van der Waals surface area contributed by atoms with Crippen LogP contribution in [0.2, 0.25) is 0 Å². The zero-order valence-electron chi connectivity index (χ0n) is 16.4. The first-order chi connectivity index (χ1) is 15.0. The van der Waals surface area contributed by atoms with Crippen molar-refractivity contribution in [3.05, 3.63) is 101 Å². The molecule has 0 aliphatic rings. The molecule has 9 heteroatoms. The Hall–Kier alpha value is -3.27. The molecule has 2 aromatic heterocycles. The van der Waals surface area contributed by atoms with Crippen LogP contribution in [0.15, 0.2) is 89.4 Å². The van der Waals surface area contributed by atoms with Gasteiger partial charge in [0.05, 0.1) is 10.6 Å². The summed E-state index contributed by atoms with van der Waals surface area (Å²) in [7, 11) is -3.65. The smallest absolute Gasteiger partial charge is 0.251 e. The maximum atomic E-state index is 12.6. The van der Waals surface area contributed by atoms with Crippen molar-refractivity contribution in [1.29, 1.82) is 0 Å². The lowest BCUT2D eigenvalue weighted by Crippen LogP contribution is -2.24. The quantitative estimate of drug-likeness (QED) is 0.429. The lowest BCUT2D eigenvalue weighted by molar-refractivity contribution is 0.0951. The number of carbonyl (C=O) groups is 1. The highest BCUT2D eigenvalue weighted by Crippen LogP contribution is 2.15. The number of sulfonamides is 1. The molecule has 31 heavy (non-hydrogen) atoms. The fraction of sp³-hybridized carbons (Fsp3) is 0.0909. The molecule has 0 aliphatic carbocycles. The molecule has 2 N–H and O–H groups in total. The monoisotopic (exact) mass is 452 g/mol. The number of aromatic nitrogens is 2. The van der Waals surface area contributed by atoms with Crippen LogP contribution in [0.1, 0.15) is 20.8 Å². The van der Waals surface area contributed by atoms with Gasteiger partial charge in [0.2, 0.25) is 10.0 Å². The van der Waals surface area contributed by atoms with Crippen molar-refractivity contribution in [1.82, 2.24) is 19.8 Å². The summed E-state index contributed by atoms with van der Waals surface area (Å²) in [5, 5.41) is 9.01. The van der Waals surface area contributed by atoms with E-state index >= 15 is 0 Å². The molecule has 0 bridgehead atoms. The van der Waals surface area contributed by atoms with Crippen molar-refractivity contribution in [3.63, 3.8) is 0 Å². The van der Waals surface area contributed by atoms with Crippen molar-refractivity contribution in [2.75, 3.05) is 0 Å². The fourth-order valence-corrected chi connectivity index (χ4v) is 4.76. The van der Waals surface area contributed by atoms with E-state index < -0.39 is 10.0 Å². The summed E-state index contributed by atoms with van der Waals surface area (Å²) in [4.78, 5) is 13.6. The van der Waals surface area contributed by atoms with Crippen molar-refractivity contribution in [2.24, 2.45) is 0 Å². The van der Waals surface area contributed by atoms with Gasteiger partial charge in [-0.05, 0) is 53.4 Å². The molecule has 0 atom stereocenters. The standard InChI is InChI=1S/C22H20N4O3S2/c27-22(23-15-18-5-1-2-7-21(18)26-13-4-12-24-26)17-8-10-20(11-9-17)31(28,29)25-16-19-6-3-14-30-19/h1-14,25H,15-16H2,(H,23,27). The van der Waals surface area contributed by atoms with E-state index in [2.05, 4.69) is 15.1 Å². The van der Waals surface area contributed by atoms with Crippen LogP contribution in [-0.2, 0) is 23.1 Å². The Morgan fingerprint density at radius 2 is 1.77 bits per heavy atom. The molecular weight excluding hydrogens is 432 g/mol. The Morgan fingerprint density at radius 1 is 0.968 bits per heavy atom. The van der Waals surface area contributed by atoms with Crippen molar-refractivity contribution < 1.29 is 13.2 Å². The molecule has 0 aliphatic heterocycles. The SMILES string of the molecule is O=C(NCc1ccccc1-n1cccn1)c1ccc(S(=O)(=O)NCc2cccs2)cc1. The van der Waals surface area contributed by atoms with Gasteiger partial charge in [-0.2, -0.15) is 5.10 Å². The number of benzene rings is 2. The summed E-state index contributed by atoms with van der Waals surface area (Å²) in [5.74, 6) is -0.286. The van der Waals surface area contributed by atoms with Crippen LogP contribution >= 0.6 is 11.3 Å². The molecule has 2 heterocycles. The maximum Gasteiger partial charge on any atom is 0.251 e. The van der Waals surface area contributed by atoms with Crippen LogP contribution in [0.25, 0.3) is 5.69 Å². The highest BCUT2D eigenvalue weighted by atomic mass is 32.2. The van der Waals surface area contributed by atoms with Crippen LogP contribution < -0.4 is 10.0 Å². The van der Waals surface area contributed by atoms with Gasteiger partial charge in [-0.1, -0.05) is 24.3 Å². The first kappa shape index (κ1) is 21.0. The average molecular weight is 453 g/mol. The molecule has 2 aromatic carbocycles. The number of nitrogens with one attached hydrogen (secondary N) is 2. The number of hydrogen-bond acceptors (Lipinski definition) is 5. The van der Waals surface area contributed by atoms with Crippen molar-refractivity contribution in [2.45, 2.75) is 18.0 Å². The largest absolute Gasteiger partial charge is 0.348 e. The van der Waals surface area contributed by atoms with Gasteiger partial charge in [0, 0.05) is 35.9 Å². The molecule has 0 spiro atoms. The number of nitrogens with zero attached hydrogens (tertiary/aromatic N) is 2. The minimum atomic E-state index is -3.65. The highest BCUT2D eigenvalue weighted by Gasteiger charge is 2.15. The van der Waals surface area contributed by atoms with E-state index in [1.165, 1.54) is 35.6 Å². The Morgan fingerprint density at radius 3 is 2.48 bits per heavy atom. The van der Waals surface area contributed by atoms with Crippen LogP contribution in [0.5, 0.6) is 0 Å². The lowest BCUT2D eigenvalue weighted by Gasteiger charge is -2.11.